The minimum absolute atomic E-state index is 0.410. The molecule has 1 aromatic rings. The van der Waals surface area contributed by atoms with Crippen molar-refractivity contribution in [3.63, 3.8) is 0 Å². The molecule has 5 heteroatoms. The largest absolute Gasteiger partial charge is 0.366 e. The molecule has 0 unspecified atom stereocenters. The number of likely N-dealkylation sites (N-methyl/N-ethyl adjacent to an activating group) is 1. The molecule has 0 saturated carbocycles. The van der Waals surface area contributed by atoms with E-state index in [4.69, 9.17) is 5.73 Å². The van der Waals surface area contributed by atoms with Crippen LogP contribution in [0.1, 0.15) is 16.1 Å². The number of anilines is 1. The Balaban J connectivity index is 2.28. The number of amides is 1. The molecule has 1 aromatic heterocycles. The molecule has 0 aromatic carbocycles. The Kier molecular flexibility index (Phi) is 2.78. The standard InChI is InChI=1S/C11H16N4O/c1-7-3-8(11(12)16)4-10(14-7)15(2)9-5-13-6-9/h3-4,9,13H,5-6H2,1-2H3,(H2,12,16). The fourth-order valence-electron chi connectivity index (χ4n) is 1.71. The van der Waals surface area contributed by atoms with Crippen molar-refractivity contribution in [3.8, 4) is 0 Å². The highest BCUT2D eigenvalue weighted by Crippen LogP contribution is 2.17. The lowest BCUT2D eigenvalue weighted by atomic mass is 10.1. The topological polar surface area (TPSA) is 71.2 Å². The van der Waals surface area contributed by atoms with E-state index in [1.54, 1.807) is 12.1 Å². The lowest BCUT2D eigenvalue weighted by Gasteiger charge is -2.36. The van der Waals surface area contributed by atoms with Crippen LogP contribution < -0.4 is 16.0 Å². The number of nitrogens with two attached hydrogens (primary N) is 1. The van der Waals surface area contributed by atoms with E-state index in [-0.39, 0.29) is 0 Å². The average molecular weight is 220 g/mol. The molecule has 86 valence electrons. The van der Waals surface area contributed by atoms with Crippen molar-refractivity contribution in [1.29, 1.82) is 0 Å². The quantitative estimate of drug-likeness (QED) is 0.746. The van der Waals surface area contributed by atoms with Crippen LogP contribution in [0.15, 0.2) is 12.1 Å². The van der Waals surface area contributed by atoms with Crippen molar-refractivity contribution < 1.29 is 4.79 Å². The van der Waals surface area contributed by atoms with E-state index in [0.29, 0.717) is 11.6 Å². The number of nitrogens with one attached hydrogen (secondary N) is 1. The molecule has 3 N–H and O–H groups in total. The van der Waals surface area contributed by atoms with E-state index < -0.39 is 5.91 Å². The fraction of sp³-hybridized carbons (Fsp3) is 0.455. The number of nitrogens with zero attached hydrogens (tertiary/aromatic N) is 2. The maximum atomic E-state index is 11.1. The zero-order valence-electron chi connectivity index (χ0n) is 9.53. The molecule has 0 aliphatic carbocycles. The van der Waals surface area contributed by atoms with Crippen LogP contribution in [0.4, 0.5) is 5.82 Å². The van der Waals surface area contributed by atoms with E-state index in [1.165, 1.54) is 0 Å². The molecule has 0 spiro atoms. The Morgan fingerprint density at radius 3 is 2.75 bits per heavy atom. The summed E-state index contributed by atoms with van der Waals surface area (Å²) in [6.45, 7) is 3.78. The maximum absolute atomic E-state index is 11.1. The van der Waals surface area contributed by atoms with Gasteiger partial charge in [-0.3, -0.25) is 4.79 Å². The van der Waals surface area contributed by atoms with Crippen LogP contribution in [0.3, 0.4) is 0 Å². The van der Waals surface area contributed by atoms with Crippen LogP contribution in [-0.4, -0.2) is 37.1 Å². The summed E-state index contributed by atoms with van der Waals surface area (Å²) in [5.41, 5.74) is 6.60. The predicted octanol–water partition coefficient (Wildman–Crippen LogP) is -0.103. The van der Waals surface area contributed by atoms with Gasteiger partial charge in [-0.25, -0.2) is 4.98 Å². The van der Waals surface area contributed by atoms with Gasteiger partial charge in [0.1, 0.15) is 5.82 Å². The zero-order valence-corrected chi connectivity index (χ0v) is 9.53. The van der Waals surface area contributed by atoms with Crippen LogP contribution >= 0.6 is 0 Å². The average Bonchev–Trinajstić information content (AvgIpc) is 2.13. The monoisotopic (exact) mass is 220 g/mol. The molecule has 1 aliphatic rings. The second-order valence-electron chi connectivity index (χ2n) is 4.14. The first kappa shape index (κ1) is 10.9. The third kappa shape index (κ3) is 1.99. The summed E-state index contributed by atoms with van der Waals surface area (Å²) in [6, 6.07) is 3.90. The number of carbonyl (C=O) groups is 1. The molecule has 16 heavy (non-hydrogen) atoms. The Labute approximate surface area is 94.6 Å². The first-order valence-corrected chi connectivity index (χ1v) is 5.30. The molecule has 2 heterocycles. The van der Waals surface area contributed by atoms with Crippen molar-refractivity contribution >= 4 is 11.7 Å². The Morgan fingerprint density at radius 2 is 2.25 bits per heavy atom. The van der Waals surface area contributed by atoms with Gasteiger partial charge < -0.3 is 16.0 Å². The zero-order chi connectivity index (χ0) is 11.7. The lowest BCUT2D eigenvalue weighted by Crippen LogP contribution is -2.56. The van der Waals surface area contributed by atoms with Gasteiger partial charge in [0.05, 0.1) is 6.04 Å². The molecule has 1 fully saturated rings. The van der Waals surface area contributed by atoms with Crippen molar-refractivity contribution in [2.75, 3.05) is 25.0 Å². The molecule has 0 atom stereocenters. The van der Waals surface area contributed by atoms with E-state index in [2.05, 4.69) is 15.2 Å². The highest BCUT2D eigenvalue weighted by atomic mass is 16.1. The van der Waals surface area contributed by atoms with Crippen molar-refractivity contribution in [2.24, 2.45) is 5.73 Å². The summed E-state index contributed by atoms with van der Waals surface area (Å²) in [5, 5.41) is 3.20. The second kappa shape index (κ2) is 4.09. The predicted molar refractivity (Wildman–Crippen MR) is 62.6 cm³/mol. The van der Waals surface area contributed by atoms with E-state index in [9.17, 15) is 4.79 Å². The van der Waals surface area contributed by atoms with Crippen LogP contribution in [0.5, 0.6) is 0 Å². The summed E-state index contributed by atoms with van der Waals surface area (Å²) < 4.78 is 0. The number of hydrogen-bond acceptors (Lipinski definition) is 4. The SMILES string of the molecule is Cc1cc(C(N)=O)cc(N(C)C2CNC2)n1. The third-order valence-electron chi connectivity index (χ3n) is 2.89. The number of hydrogen-bond donors (Lipinski definition) is 2. The van der Waals surface area contributed by atoms with Gasteiger partial charge in [0.25, 0.3) is 0 Å². The summed E-state index contributed by atoms with van der Waals surface area (Å²) >= 11 is 0. The number of carbonyl (C=O) groups excluding carboxylic acids is 1. The van der Waals surface area contributed by atoms with Crippen LogP contribution in [0, 0.1) is 6.92 Å². The molecule has 1 amide bonds. The van der Waals surface area contributed by atoms with Gasteiger partial charge in [0, 0.05) is 31.4 Å². The molecular weight excluding hydrogens is 204 g/mol. The maximum Gasteiger partial charge on any atom is 0.248 e. The highest BCUT2D eigenvalue weighted by Gasteiger charge is 2.23. The number of aromatic nitrogens is 1. The molecule has 0 radical (unpaired) electrons. The second-order valence-corrected chi connectivity index (χ2v) is 4.14. The molecular formula is C11H16N4O. The summed E-state index contributed by atoms with van der Waals surface area (Å²) in [5.74, 6) is 0.396. The van der Waals surface area contributed by atoms with Crippen LogP contribution in [-0.2, 0) is 0 Å². The smallest absolute Gasteiger partial charge is 0.248 e. The van der Waals surface area contributed by atoms with E-state index >= 15 is 0 Å². The first-order chi connectivity index (χ1) is 7.58. The fourth-order valence-corrected chi connectivity index (χ4v) is 1.71. The third-order valence-corrected chi connectivity index (χ3v) is 2.89. The van der Waals surface area contributed by atoms with E-state index in [1.807, 2.05) is 14.0 Å². The van der Waals surface area contributed by atoms with Gasteiger partial charge in [0.2, 0.25) is 5.91 Å². The Hall–Kier alpha value is -1.62. The Bertz CT molecular complexity index is 414. The van der Waals surface area contributed by atoms with Gasteiger partial charge in [-0.05, 0) is 19.1 Å². The number of aryl methyl sites for hydroxylation is 1. The summed E-state index contributed by atoms with van der Waals surface area (Å²) in [7, 11) is 1.98. The minimum Gasteiger partial charge on any atom is -0.366 e. The van der Waals surface area contributed by atoms with Gasteiger partial charge in [-0.2, -0.15) is 0 Å². The van der Waals surface area contributed by atoms with Gasteiger partial charge in [-0.15, -0.1) is 0 Å². The van der Waals surface area contributed by atoms with Gasteiger partial charge >= 0.3 is 0 Å². The van der Waals surface area contributed by atoms with Gasteiger partial charge in [0.15, 0.2) is 0 Å². The Morgan fingerprint density at radius 1 is 1.56 bits per heavy atom. The number of pyridine rings is 1. The molecule has 1 aliphatic heterocycles. The van der Waals surface area contributed by atoms with Crippen LogP contribution in [0.2, 0.25) is 0 Å². The van der Waals surface area contributed by atoms with Crippen molar-refractivity contribution in [1.82, 2.24) is 10.3 Å². The molecule has 0 bridgehead atoms. The van der Waals surface area contributed by atoms with Crippen molar-refractivity contribution in [3.05, 3.63) is 23.4 Å². The highest BCUT2D eigenvalue weighted by molar-refractivity contribution is 5.93. The number of primary amides is 1. The molecule has 5 nitrogen and oxygen atoms in total. The number of rotatable bonds is 3. The summed E-state index contributed by atoms with van der Waals surface area (Å²) in [6.07, 6.45) is 0. The van der Waals surface area contributed by atoms with Crippen LogP contribution in [0.25, 0.3) is 0 Å². The van der Waals surface area contributed by atoms with Crippen molar-refractivity contribution in [2.45, 2.75) is 13.0 Å². The normalized spacial score (nSPS) is 15.6. The van der Waals surface area contributed by atoms with E-state index in [0.717, 1.165) is 24.6 Å². The summed E-state index contributed by atoms with van der Waals surface area (Å²) in [4.78, 5) is 17.6. The lowest BCUT2D eigenvalue weighted by molar-refractivity contribution is 0.1000. The molecule has 2 rings (SSSR count). The van der Waals surface area contributed by atoms with Gasteiger partial charge in [-0.1, -0.05) is 0 Å². The minimum atomic E-state index is -0.410. The first-order valence-electron chi connectivity index (χ1n) is 5.30. The molecule has 1 saturated heterocycles.